The van der Waals surface area contributed by atoms with E-state index in [0.717, 1.165) is 0 Å². The predicted octanol–water partition coefficient (Wildman–Crippen LogP) is 3.28. The summed E-state index contributed by atoms with van der Waals surface area (Å²) in [4.78, 5) is 76.8. The SMILES string of the molecule is CNC(=O)c1c(I)c(C(=O)NCC(=O)Nc2c(I)c(OC=O)c(I)c(C(=O)NCCO)c2I)c(I)c(N(C)C(C)=O)c1I. The lowest BCUT2D eigenvalue weighted by Gasteiger charge is -2.24. The Morgan fingerprint density at radius 3 is 1.86 bits per heavy atom. The van der Waals surface area contributed by atoms with Crippen molar-refractivity contribution in [2.75, 3.05) is 44.0 Å². The van der Waals surface area contributed by atoms with E-state index < -0.39 is 30.2 Å². The first kappa shape index (κ1) is 38.8. The minimum absolute atomic E-state index is 0.0176. The van der Waals surface area contributed by atoms with Gasteiger partial charge in [0.2, 0.25) is 11.8 Å². The maximum atomic E-state index is 13.4. The Balaban J connectivity index is 2.49. The number of carbonyl (C=O) groups is 6. The molecule has 0 heterocycles. The Morgan fingerprint density at radius 2 is 1.35 bits per heavy atom. The number of benzene rings is 2. The van der Waals surface area contributed by atoms with Gasteiger partial charge in [0.25, 0.3) is 24.2 Å². The van der Waals surface area contributed by atoms with Gasteiger partial charge in [-0.2, -0.15) is 0 Å². The van der Waals surface area contributed by atoms with Gasteiger partial charge < -0.3 is 36.0 Å². The number of aliphatic hydroxyl groups is 1. The number of carbonyl (C=O) groups excluding carboxylic acids is 6. The van der Waals surface area contributed by atoms with Crippen molar-refractivity contribution in [3.8, 4) is 5.75 Å². The number of anilines is 2. The molecule has 0 atom stereocenters. The highest BCUT2D eigenvalue weighted by Crippen LogP contribution is 2.40. The van der Waals surface area contributed by atoms with Gasteiger partial charge in [-0.1, -0.05) is 0 Å². The molecule has 5 amide bonds. The van der Waals surface area contributed by atoms with E-state index in [2.05, 4.69) is 21.3 Å². The minimum Gasteiger partial charge on any atom is -0.426 e. The van der Waals surface area contributed by atoms with E-state index in [0.29, 0.717) is 27.1 Å². The Hall–Kier alpha value is -0.400. The highest BCUT2D eigenvalue weighted by molar-refractivity contribution is 14.1. The number of ether oxygens (including phenoxy) is 1. The number of hydrogen-bond acceptors (Lipinski definition) is 8. The van der Waals surface area contributed by atoms with Crippen LogP contribution in [0.1, 0.15) is 38.0 Å². The normalized spacial score (nSPS) is 10.5. The summed E-state index contributed by atoms with van der Waals surface area (Å²) in [5, 5.41) is 19.4. The molecule has 0 radical (unpaired) electrons. The van der Waals surface area contributed by atoms with Crippen molar-refractivity contribution in [3.05, 3.63) is 38.1 Å². The van der Waals surface area contributed by atoms with E-state index in [-0.39, 0.29) is 53.7 Å². The lowest BCUT2D eigenvalue weighted by molar-refractivity contribution is -0.121. The smallest absolute Gasteiger partial charge is 0.298 e. The second kappa shape index (κ2) is 17.5. The zero-order chi connectivity index (χ0) is 32.8. The molecule has 0 fully saturated rings. The third-order valence-electron chi connectivity index (χ3n) is 5.52. The van der Waals surface area contributed by atoms with Crippen molar-refractivity contribution < 1.29 is 38.6 Å². The molecule has 0 spiro atoms. The lowest BCUT2D eigenvalue weighted by Crippen LogP contribution is -2.36. The topological polar surface area (TPSA) is 183 Å². The van der Waals surface area contributed by atoms with Gasteiger partial charge in [-0.15, -0.1) is 0 Å². The van der Waals surface area contributed by atoms with Crippen molar-refractivity contribution >= 4 is 183 Å². The summed E-state index contributed by atoms with van der Waals surface area (Å²) in [6.45, 7) is 0.742. The standard InChI is InChI=1S/C24H21I6N5O8/c1-8(38)35(3)20-15(27)10(22(40)31-2)13(25)11(16(20)28)24(42)33-6-9(39)34-19-14(26)12(23(41)32-4-5-36)17(29)21(18(19)30)43-7-37/h7,36H,4-6H2,1-3H3,(H,31,40)(H,32,41)(H,33,42)(H,34,39). The number of nitrogens with zero attached hydrogens (tertiary/aromatic N) is 1. The predicted molar refractivity (Wildman–Crippen MR) is 209 cm³/mol. The Morgan fingerprint density at radius 1 is 0.814 bits per heavy atom. The molecule has 0 aliphatic carbocycles. The maximum Gasteiger partial charge on any atom is 0.298 e. The number of nitrogens with one attached hydrogen (secondary N) is 4. The number of aliphatic hydroxyl groups excluding tert-OH is 1. The molecule has 0 saturated heterocycles. The molecule has 43 heavy (non-hydrogen) atoms. The molecular weight excluding hydrogens is 1250 g/mol. The van der Waals surface area contributed by atoms with Crippen LogP contribution < -0.4 is 30.9 Å². The van der Waals surface area contributed by atoms with Gasteiger partial charge >= 0.3 is 0 Å². The zero-order valence-corrected chi connectivity index (χ0v) is 35.2. The van der Waals surface area contributed by atoms with E-state index >= 15 is 0 Å². The molecule has 5 N–H and O–H groups in total. The second-order valence-electron chi connectivity index (χ2n) is 8.14. The fourth-order valence-corrected chi connectivity index (χ4v) is 12.5. The first-order chi connectivity index (χ1) is 20.2. The van der Waals surface area contributed by atoms with E-state index in [1.54, 1.807) is 0 Å². The van der Waals surface area contributed by atoms with Crippen molar-refractivity contribution in [2.24, 2.45) is 0 Å². The van der Waals surface area contributed by atoms with Crippen LogP contribution in [0.3, 0.4) is 0 Å². The summed E-state index contributed by atoms with van der Waals surface area (Å²) in [6.07, 6.45) is 0. The number of halogens is 6. The molecule has 0 aromatic heterocycles. The molecule has 0 bridgehead atoms. The molecule has 2 aromatic carbocycles. The fourth-order valence-electron chi connectivity index (χ4n) is 3.42. The first-order valence-corrected chi connectivity index (χ1v) is 18.1. The monoisotopic (exact) mass is 1270 g/mol. The molecule has 0 unspecified atom stereocenters. The van der Waals surface area contributed by atoms with Gasteiger partial charge in [-0.05, 0) is 136 Å². The highest BCUT2D eigenvalue weighted by Gasteiger charge is 2.31. The fraction of sp³-hybridized carbons (Fsp3) is 0.250. The van der Waals surface area contributed by atoms with Crippen LogP contribution in [0.2, 0.25) is 0 Å². The minimum atomic E-state index is -0.662. The van der Waals surface area contributed by atoms with Crippen molar-refractivity contribution in [3.63, 3.8) is 0 Å². The van der Waals surface area contributed by atoms with Gasteiger partial charge in [0.05, 0.1) is 59.1 Å². The Labute approximate surface area is 327 Å². The Kier molecular flexibility index (Phi) is 15.8. The average molecular weight is 1270 g/mol. The van der Waals surface area contributed by atoms with Gasteiger partial charge in [-0.3, -0.25) is 28.8 Å². The quantitative estimate of drug-likeness (QED) is 0.168. The molecule has 2 aromatic rings. The molecule has 2 rings (SSSR count). The van der Waals surface area contributed by atoms with Crippen molar-refractivity contribution in [1.82, 2.24) is 16.0 Å². The van der Waals surface area contributed by atoms with Crippen LogP contribution in [0.5, 0.6) is 5.75 Å². The first-order valence-electron chi connectivity index (χ1n) is 11.6. The van der Waals surface area contributed by atoms with Crippen LogP contribution in [0.25, 0.3) is 0 Å². The van der Waals surface area contributed by atoms with Crippen molar-refractivity contribution in [1.29, 1.82) is 0 Å². The van der Waals surface area contributed by atoms with Crippen LogP contribution in [-0.2, 0) is 14.4 Å². The molecule has 0 aliphatic heterocycles. The van der Waals surface area contributed by atoms with Crippen LogP contribution in [0.4, 0.5) is 11.4 Å². The molecule has 19 heteroatoms. The van der Waals surface area contributed by atoms with Gasteiger partial charge in [0, 0.05) is 31.1 Å². The van der Waals surface area contributed by atoms with Crippen molar-refractivity contribution in [2.45, 2.75) is 6.92 Å². The largest absolute Gasteiger partial charge is 0.426 e. The third kappa shape index (κ3) is 8.90. The average Bonchev–Trinajstić information content (AvgIpc) is 2.94. The third-order valence-corrected chi connectivity index (χ3v) is 11.8. The molecule has 0 aliphatic rings. The molecule has 0 saturated carbocycles. The summed E-state index contributed by atoms with van der Waals surface area (Å²) in [6, 6.07) is 0. The van der Waals surface area contributed by atoms with E-state index in [1.165, 1.54) is 25.9 Å². The summed E-state index contributed by atoms with van der Waals surface area (Å²) in [7, 11) is 2.98. The highest BCUT2D eigenvalue weighted by atomic mass is 127. The van der Waals surface area contributed by atoms with Crippen LogP contribution >= 0.6 is 136 Å². The molecule has 232 valence electrons. The van der Waals surface area contributed by atoms with Gasteiger partial charge in [-0.25, -0.2) is 0 Å². The Bertz CT molecular complexity index is 1520. The van der Waals surface area contributed by atoms with Crippen LogP contribution in [0.15, 0.2) is 0 Å². The van der Waals surface area contributed by atoms with Crippen LogP contribution in [0, 0.1) is 21.4 Å². The van der Waals surface area contributed by atoms with E-state index in [4.69, 9.17) is 9.84 Å². The lowest BCUT2D eigenvalue weighted by atomic mass is 10.1. The summed E-state index contributed by atoms with van der Waals surface area (Å²) >= 11 is 11.4. The summed E-state index contributed by atoms with van der Waals surface area (Å²) < 4.78 is 7.33. The van der Waals surface area contributed by atoms with Crippen LogP contribution in [-0.4, -0.2) is 74.9 Å². The number of rotatable bonds is 11. The summed E-state index contributed by atoms with van der Waals surface area (Å²) in [5.41, 5.74) is 0.995. The van der Waals surface area contributed by atoms with Gasteiger partial charge in [0.1, 0.15) is 0 Å². The maximum absolute atomic E-state index is 13.4. The summed E-state index contributed by atoms with van der Waals surface area (Å²) in [5.74, 6) is -2.59. The van der Waals surface area contributed by atoms with E-state index in [9.17, 15) is 28.8 Å². The molecular formula is C24H21I6N5O8. The second-order valence-corrected chi connectivity index (χ2v) is 14.6. The van der Waals surface area contributed by atoms with Gasteiger partial charge in [0.15, 0.2) is 5.75 Å². The number of hydrogen-bond donors (Lipinski definition) is 5. The van der Waals surface area contributed by atoms with E-state index in [1.807, 2.05) is 136 Å². The zero-order valence-electron chi connectivity index (χ0n) is 22.2. The molecule has 13 nitrogen and oxygen atoms in total. The number of amides is 5.